The van der Waals surface area contributed by atoms with Gasteiger partial charge in [0.1, 0.15) is 5.82 Å². The van der Waals surface area contributed by atoms with Crippen molar-refractivity contribution in [3.05, 3.63) is 21.9 Å². The van der Waals surface area contributed by atoms with Crippen LogP contribution >= 0.6 is 23.1 Å². The summed E-state index contributed by atoms with van der Waals surface area (Å²) in [5.74, 6) is 1.80. The van der Waals surface area contributed by atoms with Crippen LogP contribution in [0.25, 0.3) is 0 Å². The molecule has 5 nitrogen and oxygen atoms in total. The van der Waals surface area contributed by atoms with Gasteiger partial charge in [-0.1, -0.05) is 11.8 Å². The predicted molar refractivity (Wildman–Crippen MR) is 70.2 cm³/mol. The van der Waals surface area contributed by atoms with Gasteiger partial charge in [-0.3, -0.25) is 0 Å². The Kier molecular flexibility index (Phi) is 4.14. The molecule has 2 N–H and O–H groups in total. The number of aryl methyl sites for hydroxylation is 2. The summed E-state index contributed by atoms with van der Waals surface area (Å²) in [4.78, 5) is 5.49. The number of nitrogens with zero attached hydrogens (tertiary/aromatic N) is 4. The van der Waals surface area contributed by atoms with Crippen LogP contribution in [-0.2, 0) is 12.3 Å². The lowest BCUT2D eigenvalue weighted by atomic mass is 10.6. The van der Waals surface area contributed by atoms with E-state index in [1.807, 2.05) is 20.0 Å². The zero-order valence-electron chi connectivity index (χ0n) is 9.88. The lowest BCUT2D eigenvalue weighted by molar-refractivity contribution is 0.627. The number of hydrogen-bond acceptors (Lipinski definition) is 6. The first-order valence-electron chi connectivity index (χ1n) is 5.34. The summed E-state index contributed by atoms with van der Waals surface area (Å²) in [5.41, 5.74) is 5.57. The average molecular weight is 269 g/mol. The molecule has 7 heteroatoms. The quantitative estimate of drug-likeness (QED) is 0.835. The summed E-state index contributed by atoms with van der Waals surface area (Å²) >= 11 is 3.40. The van der Waals surface area contributed by atoms with Crippen molar-refractivity contribution in [2.75, 3.05) is 6.54 Å². The Bertz CT molecular complexity index is 491. The second-order valence-electron chi connectivity index (χ2n) is 3.60. The molecule has 0 aliphatic heterocycles. The molecule has 0 radical (unpaired) electrons. The van der Waals surface area contributed by atoms with Gasteiger partial charge in [0.15, 0.2) is 5.16 Å². The molecule has 0 saturated heterocycles. The van der Waals surface area contributed by atoms with Crippen LogP contribution in [0.3, 0.4) is 0 Å². The molecule has 0 saturated carbocycles. The van der Waals surface area contributed by atoms with Gasteiger partial charge in [-0.25, -0.2) is 4.98 Å². The fourth-order valence-corrected chi connectivity index (χ4v) is 3.29. The van der Waals surface area contributed by atoms with Crippen LogP contribution in [0.4, 0.5) is 0 Å². The van der Waals surface area contributed by atoms with Crippen LogP contribution in [0.5, 0.6) is 0 Å². The molecule has 17 heavy (non-hydrogen) atoms. The van der Waals surface area contributed by atoms with Gasteiger partial charge in [-0.05, 0) is 13.8 Å². The van der Waals surface area contributed by atoms with E-state index in [1.165, 1.54) is 4.88 Å². The Morgan fingerprint density at radius 3 is 2.88 bits per heavy atom. The van der Waals surface area contributed by atoms with Crippen molar-refractivity contribution in [2.24, 2.45) is 5.73 Å². The zero-order valence-corrected chi connectivity index (χ0v) is 11.5. The normalized spacial score (nSPS) is 11.0. The summed E-state index contributed by atoms with van der Waals surface area (Å²) in [5, 5.41) is 10.3. The summed E-state index contributed by atoms with van der Waals surface area (Å²) in [7, 11) is 0. The first kappa shape index (κ1) is 12.5. The molecule has 2 aromatic rings. The second kappa shape index (κ2) is 5.61. The van der Waals surface area contributed by atoms with E-state index in [0.29, 0.717) is 6.54 Å². The van der Waals surface area contributed by atoms with E-state index in [2.05, 4.69) is 19.7 Å². The number of thiazole rings is 1. The van der Waals surface area contributed by atoms with E-state index in [9.17, 15) is 0 Å². The zero-order chi connectivity index (χ0) is 12.3. The van der Waals surface area contributed by atoms with Gasteiger partial charge in [0, 0.05) is 29.9 Å². The summed E-state index contributed by atoms with van der Waals surface area (Å²) < 4.78 is 2.05. The Labute approximate surface area is 108 Å². The maximum atomic E-state index is 5.57. The highest BCUT2D eigenvalue weighted by Crippen LogP contribution is 2.24. The standard InChI is InChI=1S/C10H15N5S2/c1-7-13-14-10(15(7)4-3-11)16-6-9-5-12-8(2)17-9/h5H,3-4,6,11H2,1-2H3. The van der Waals surface area contributed by atoms with Crippen molar-refractivity contribution in [2.45, 2.75) is 31.3 Å². The largest absolute Gasteiger partial charge is 0.329 e. The third-order valence-corrected chi connectivity index (χ3v) is 4.38. The molecule has 0 unspecified atom stereocenters. The highest BCUT2D eigenvalue weighted by atomic mass is 32.2. The summed E-state index contributed by atoms with van der Waals surface area (Å²) in [6, 6.07) is 0. The van der Waals surface area contributed by atoms with E-state index < -0.39 is 0 Å². The number of thioether (sulfide) groups is 1. The number of rotatable bonds is 5. The molecule has 2 aromatic heterocycles. The minimum atomic E-state index is 0.603. The van der Waals surface area contributed by atoms with E-state index in [-0.39, 0.29) is 0 Å². The molecule has 0 aromatic carbocycles. The third-order valence-electron chi connectivity index (χ3n) is 2.27. The predicted octanol–water partition coefficient (Wildman–Crippen LogP) is 1.60. The van der Waals surface area contributed by atoms with Gasteiger partial charge in [-0.15, -0.1) is 21.5 Å². The highest BCUT2D eigenvalue weighted by Gasteiger charge is 2.09. The van der Waals surface area contributed by atoms with Gasteiger partial charge in [0.2, 0.25) is 0 Å². The maximum absolute atomic E-state index is 5.57. The topological polar surface area (TPSA) is 69.6 Å². The lowest BCUT2D eigenvalue weighted by Crippen LogP contribution is -2.12. The minimum Gasteiger partial charge on any atom is -0.329 e. The molecule has 0 bridgehead atoms. The summed E-state index contributed by atoms with van der Waals surface area (Å²) in [6.45, 7) is 5.33. The number of hydrogen-bond donors (Lipinski definition) is 1. The van der Waals surface area contributed by atoms with Crippen molar-refractivity contribution in [1.29, 1.82) is 0 Å². The molecule has 0 aliphatic rings. The van der Waals surface area contributed by atoms with E-state index >= 15 is 0 Å². The van der Waals surface area contributed by atoms with Gasteiger partial charge in [0.05, 0.1) is 5.01 Å². The molecule has 0 spiro atoms. The van der Waals surface area contributed by atoms with E-state index in [0.717, 1.165) is 28.3 Å². The third kappa shape index (κ3) is 3.05. The first-order valence-corrected chi connectivity index (χ1v) is 7.15. The van der Waals surface area contributed by atoms with E-state index in [1.54, 1.807) is 23.1 Å². The van der Waals surface area contributed by atoms with Crippen molar-refractivity contribution in [3.8, 4) is 0 Å². The maximum Gasteiger partial charge on any atom is 0.191 e. The molecule has 2 heterocycles. The number of aromatic nitrogens is 4. The van der Waals surface area contributed by atoms with Crippen molar-refractivity contribution in [1.82, 2.24) is 19.7 Å². The van der Waals surface area contributed by atoms with Crippen LogP contribution in [0, 0.1) is 13.8 Å². The monoisotopic (exact) mass is 269 g/mol. The van der Waals surface area contributed by atoms with Crippen molar-refractivity contribution < 1.29 is 0 Å². The first-order chi connectivity index (χ1) is 8.20. The Morgan fingerprint density at radius 1 is 1.41 bits per heavy atom. The average Bonchev–Trinajstić information content (AvgIpc) is 2.86. The second-order valence-corrected chi connectivity index (χ2v) is 5.87. The fraction of sp³-hybridized carbons (Fsp3) is 0.500. The van der Waals surface area contributed by atoms with Crippen molar-refractivity contribution in [3.63, 3.8) is 0 Å². The molecule has 92 valence electrons. The van der Waals surface area contributed by atoms with Gasteiger partial charge < -0.3 is 10.3 Å². The van der Waals surface area contributed by atoms with Crippen LogP contribution in [-0.4, -0.2) is 26.3 Å². The Morgan fingerprint density at radius 2 is 2.24 bits per heavy atom. The molecular formula is C10H15N5S2. The van der Waals surface area contributed by atoms with Crippen LogP contribution in [0.2, 0.25) is 0 Å². The highest BCUT2D eigenvalue weighted by molar-refractivity contribution is 7.98. The molecule has 0 fully saturated rings. The van der Waals surface area contributed by atoms with Crippen molar-refractivity contribution >= 4 is 23.1 Å². The molecule has 0 atom stereocenters. The fourth-order valence-electron chi connectivity index (χ4n) is 1.46. The van der Waals surface area contributed by atoms with Gasteiger partial charge in [0.25, 0.3) is 0 Å². The summed E-state index contributed by atoms with van der Waals surface area (Å²) in [6.07, 6.45) is 1.92. The number of nitrogens with two attached hydrogens (primary N) is 1. The smallest absolute Gasteiger partial charge is 0.191 e. The Balaban J connectivity index is 2.03. The molecule has 0 aliphatic carbocycles. The van der Waals surface area contributed by atoms with E-state index in [4.69, 9.17) is 5.73 Å². The van der Waals surface area contributed by atoms with Gasteiger partial charge in [-0.2, -0.15) is 0 Å². The van der Waals surface area contributed by atoms with Crippen LogP contribution in [0.1, 0.15) is 15.7 Å². The van der Waals surface area contributed by atoms with Crippen LogP contribution in [0.15, 0.2) is 11.4 Å². The van der Waals surface area contributed by atoms with Gasteiger partial charge >= 0.3 is 0 Å². The lowest BCUT2D eigenvalue weighted by Gasteiger charge is -2.05. The SMILES string of the molecule is Cc1ncc(CSc2nnc(C)n2CCN)s1. The molecular weight excluding hydrogens is 254 g/mol. The van der Waals surface area contributed by atoms with Crippen LogP contribution < -0.4 is 5.73 Å². The molecule has 2 rings (SSSR count). The minimum absolute atomic E-state index is 0.603. The Hall–Kier alpha value is -0.920. The molecule has 0 amide bonds.